The van der Waals surface area contributed by atoms with Crippen molar-refractivity contribution in [3.63, 3.8) is 0 Å². The molecule has 2 fully saturated rings. The lowest BCUT2D eigenvalue weighted by Crippen LogP contribution is -2.43. The molecule has 2 aliphatic heterocycles. The number of ether oxygens (including phenoxy) is 2. The van der Waals surface area contributed by atoms with E-state index in [0.29, 0.717) is 0 Å². The summed E-state index contributed by atoms with van der Waals surface area (Å²) < 4.78 is 25.7. The summed E-state index contributed by atoms with van der Waals surface area (Å²) in [7, 11) is -1.03. The van der Waals surface area contributed by atoms with Crippen LogP contribution in [0.1, 0.15) is 46.5 Å². The van der Waals surface area contributed by atoms with E-state index in [1.165, 1.54) is 0 Å². The van der Waals surface area contributed by atoms with Gasteiger partial charge in [0, 0.05) is 19.2 Å². The van der Waals surface area contributed by atoms with E-state index in [1.54, 1.807) is 0 Å². The lowest BCUT2D eigenvalue weighted by atomic mass is 9.97. The van der Waals surface area contributed by atoms with E-state index in [4.69, 9.17) is 9.47 Å². The van der Waals surface area contributed by atoms with Crippen LogP contribution in [-0.4, -0.2) is 57.1 Å². The standard InChI is InChI=1S/C15H29NO4S/c1-15(2,3)21(18)16-8-7-12(11-17)13(16)5-6-14-19-9-4-10-20-14/h12-14,17H,4-11H2,1-3H3/t12-,13+,21?/m1/s1. The third-order valence-corrected chi connectivity index (χ3v) is 6.13. The van der Waals surface area contributed by atoms with Gasteiger partial charge in [-0.1, -0.05) is 0 Å². The SMILES string of the molecule is CC(C)(C)S(=O)N1CC[C@H](CO)[C@@H]1CCC1OCCCO1. The van der Waals surface area contributed by atoms with Gasteiger partial charge in [-0.15, -0.1) is 0 Å². The van der Waals surface area contributed by atoms with Gasteiger partial charge in [-0.2, -0.15) is 0 Å². The van der Waals surface area contributed by atoms with Gasteiger partial charge in [0.2, 0.25) is 0 Å². The molecule has 1 unspecified atom stereocenters. The molecule has 3 atom stereocenters. The Labute approximate surface area is 130 Å². The minimum Gasteiger partial charge on any atom is -0.396 e. The van der Waals surface area contributed by atoms with Crippen molar-refractivity contribution in [1.82, 2.24) is 4.31 Å². The second-order valence-corrected chi connectivity index (χ2v) is 9.10. The van der Waals surface area contributed by atoms with Gasteiger partial charge in [0.15, 0.2) is 6.29 Å². The summed E-state index contributed by atoms with van der Waals surface area (Å²) in [5.74, 6) is 0.208. The van der Waals surface area contributed by atoms with Crippen molar-refractivity contribution in [3.8, 4) is 0 Å². The molecular formula is C15H29NO4S. The Morgan fingerprint density at radius 3 is 2.48 bits per heavy atom. The molecule has 2 aliphatic rings. The molecule has 0 saturated carbocycles. The third-order valence-electron chi connectivity index (χ3n) is 4.20. The van der Waals surface area contributed by atoms with Crippen LogP contribution >= 0.6 is 0 Å². The van der Waals surface area contributed by atoms with Gasteiger partial charge < -0.3 is 14.6 Å². The summed E-state index contributed by atoms with van der Waals surface area (Å²) in [4.78, 5) is 0. The normalized spacial score (nSPS) is 30.7. The third kappa shape index (κ3) is 4.48. The molecule has 1 N–H and O–H groups in total. The van der Waals surface area contributed by atoms with Crippen LogP contribution in [0.4, 0.5) is 0 Å². The second-order valence-electron chi connectivity index (χ2n) is 6.90. The Kier molecular flexibility index (Phi) is 6.20. The first-order valence-electron chi connectivity index (χ1n) is 7.96. The van der Waals surface area contributed by atoms with E-state index in [0.717, 1.165) is 45.4 Å². The molecular weight excluding hydrogens is 290 g/mol. The van der Waals surface area contributed by atoms with Crippen LogP contribution in [0.15, 0.2) is 0 Å². The molecule has 2 saturated heterocycles. The summed E-state index contributed by atoms with van der Waals surface area (Å²) in [5, 5.41) is 9.59. The Hall–Kier alpha value is -0.0100. The van der Waals surface area contributed by atoms with Gasteiger partial charge in [0.1, 0.15) is 0 Å². The first-order chi connectivity index (χ1) is 9.93. The van der Waals surface area contributed by atoms with Crippen LogP contribution in [-0.2, 0) is 20.5 Å². The number of aliphatic hydroxyl groups is 1. The van der Waals surface area contributed by atoms with Gasteiger partial charge >= 0.3 is 0 Å². The van der Waals surface area contributed by atoms with Gasteiger partial charge in [-0.3, -0.25) is 0 Å². The smallest absolute Gasteiger partial charge is 0.157 e. The lowest BCUT2D eigenvalue weighted by molar-refractivity contribution is -0.182. The number of aliphatic hydroxyl groups excluding tert-OH is 1. The van der Waals surface area contributed by atoms with Crippen molar-refractivity contribution in [1.29, 1.82) is 0 Å². The molecule has 0 aromatic heterocycles. The summed E-state index contributed by atoms with van der Waals surface area (Å²) in [5.41, 5.74) is 0. The lowest BCUT2D eigenvalue weighted by Gasteiger charge is -2.33. The Morgan fingerprint density at radius 1 is 1.24 bits per heavy atom. The quantitative estimate of drug-likeness (QED) is 0.837. The van der Waals surface area contributed by atoms with Crippen molar-refractivity contribution >= 4 is 11.0 Å². The van der Waals surface area contributed by atoms with Crippen LogP contribution in [0.3, 0.4) is 0 Å². The van der Waals surface area contributed by atoms with Crippen molar-refractivity contribution in [2.45, 2.75) is 63.5 Å². The maximum Gasteiger partial charge on any atom is 0.157 e. The first-order valence-corrected chi connectivity index (χ1v) is 9.07. The molecule has 2 rings (SSSR count). The van der Waals surface area contributed by atoms with Crippen molar-refractivity contribution in [2.24, 2.45) is 5.92 Å². The molecule has 21 heavy (non-hydrogen) atoms. The molecule has 0 aliphatic carbocycles. The van der Waals surface area contributed by atoms with E-state index in [1.807, 2.05) is 20.8 Å². The van der Waals surface area contributed by atoms with E-state index in [-0.39, 0.29) is 29.6 Å². The van der Waals surface area contributed by atoms with Crippen molar-refractivity contribution in [3.05, 3.63) is 0 Å². The number of hydrogen-bond acceptors (Lipinski definition) is 4. The summed E-state index contributed by atoms with van der Waals surface area (Å²) in [6, 6.07) is 0.157. The van der Waals surface area contributed by atoms with Crippen LogP contribution < -0.4 is 0 Å². The average molecular weight is 319 g/mol. The summed E-state index contributed by atoms with van der Waals surface area (Å²) in [6.45, 7) is 8.48. The minimum atomic E-state index is -1.03. The topological polar surface area (TPSA) is 59.0 Å². The summed E-state index contributed by atoms with van der Waals surface area (Å²) in [6.07, 6.45) is 3.40. The van der Waals surface area contributed by atoms with Gasteiger partial charge in [-0.05, 0) is 52.4 Å². The number of rotatable bonds is 5. The molecule has 0 bridgehead atoms. The molecule has 6 heteroatoms. The zero-order chi connectivity index (χ0) is 15.5. The van der Waals surface area contributed by atoms with Gasteiger partial charge in [0.05, 0.1) is 28.9 Å². The monoisotopic (exact) mass is 319 g/mol. The highest BCUT2D eigenvalue weighted by Crippen LogP contribution is 2.32. The fraction of sp³-hybridized carbons (Fsp3) is 1.00. The van der Waals surface area contributed by atoms with Crippen molar-refractivity contribution in [2.75, 3.05) is 26.4 Å². The fourth-order valence-electron chi connectivity index (χ4n) is 3.05. The highest BCUT2D eigenvalue weighted by Gasteiger charge is 2.40. The zero-order valence-corrected chi connectivity index (χ0v) is 14.2. The maximum atomic E-state index is 12.7. The van der Waals surface area contributed by atoms with Gasteiger partial charge in [-0.25, -0.2) is 8.51 Å². The molecule has 124 valence electrons. The van der Waals surface area contributed by atoms with E-state index < -0.39 is 11.0 Å². The van der Waals surface area contributed by atoms with Crippen LogP contribution in [0.5, 0.6) is 0 Å². The Morgan fingerprint density at radius 2 is 1.90 bits per heavy atom. The Bertz CT molecular complexity index is 352. The van der Waals surface area contributed by atoms with E-state index >= 15 is 0 Å². The molecule has 5 nitrogen and oxygen atoms in total. The van der Waals surface area contributed by atoms with Crippen molar-refractivity contribution < 1.29 is 18.8 Å². The first kappa shape index (κ1) is 17.3. The Balaban J connectivity index is 1.95. The van der Waals surface area contributed by atoms with Crippen LogP contribution in [0.2, 0.25) is 0 Å². The highest BCUT2D eigenvalue weighted by atomic mass is 32.2. The second kappa shape index (κ2) is 7.51. The van der Waals surface area contributed by atoms with Crippen LogP contribution in [0.25, 0.3) is 0 Å². The molecule has 2 heterocycles. The van der Waals surface area contributed by atoms with Gasteiger partial charge in [0.25, 0.3) is 0 Å². The molecule has 0 spiro atoms. The average Bonchev–Trinajstić information content (AvgIpc) is 2.87. The fourth-order valence-corrected chi connectivity index (χ4v) is 4.55. The molecule has 0 amide bonds. The molecule has 0 aromatic rings. The van der Waals surface area contributed by atoms with E-state index in [2.05, 4.69) is 4.31 Å². The number of nitrogens with zero attached hydrogens (tertiary/aromatic N) is 1. The maximum absolute atomic E-state index is 12.7. The predicted molar refractivity (Wildman–Crippen MR) is 83.1 cm³/mol. The van der Waals surface area contributed by atoms with E-state index in [9.17, 15) is 9.32 Å². The molecule has 0 radical (unpaired) electrons. The summed E-state index contributed by atoms with van der Waals surface area (Å²) >= 11 is 0. The largest absolute Gasteiger partial charge is 0.396 e. The zero-order valence-electron chi connectivity index (χ0n) is 13.4. The van der Waals surface area contributed by atoms with Crippen LogP contribution in [0, 0.1) is 5.92 Å². The minimum absolute atomic E-state index is 0.136. The highest BCUT2D eigenvalue weighted by molar-refractivity contribution is 7.84. The number of hydrogen-bond donors (Lipinski definition) is 1. The molecule has 0 aromatic carbocycles. The predicted octanol–water partition coefficient (Wildman–Crippen LogP) is 1.67.